The number of hydrogen-bond acceptors (Lipinski definition) is 6. The largest absolute Gasteiger partial charge is 0.344 e. The van der Waals surface area contributed by atoms with Gasteiger partial charge >= 0.3 is 11.8 Å². The third-order valence-corrected chi connectivity index (χ3v) is 2.84. The van der Waals surface area contributed by atoms with Crippen LogP contribution in [0.3, 0.4) is 0 Å². The molecule has 0 saturated carbocycles. The summed E-state index contributed by atoms with van der Waals surface area (Å²) < 4.78 is 0. The van der Waals surface area contributed by atoms with Gasteiger partial charge < -0.3 is 5.32 Å². The predicted molar refractivity (Wildman–Crippen MR) is 84.9 cm³/mol. The molecule has 0 fully saturated rings. The van der Waals surface area contributed by atoms with Crippen molar-refractivity contribution in [3.8, 4) is 0 Å². The molecule has 2 aromatic rings. The second-order valence-electron chi connectivity index (χ2n) is 4.60. The van der Waals surface area contributed by atoms with E-state index in [4.69, 9.17) is 0 Å². The standard InChI is InChI=1S/C15H13N5O4/c21-14(17-9-12-4-2-6-16-8-12)15(22)19-18-10-11-3-1-5-13(7-11)20(23)24/h1-8,10H,9H2,(H,17,21)(H,19,22)/b18-10-. The van der Waals surface area contributed by atoms with Gasteiger partial charge in [0.2, 0.25) is 0 Å². The Morgan fingerprint density at radius 3 is 2.79 bits per heavy atom. The van der Waals surface area contributed by atoms with E-state index in [1.165, 1.54) is 24.4 Å². The van der Waals surface area contributed by atoms with Gasteiger partial charge in [0.25, 0.3) is 5.69 Å². The molecule has 0 unspecified atom stereocenters. The van der Waals surface area contributed by atoms with Gasteiger partial charge in [-0.3, -0.25) is 24.7 Å². The van der Waals surface area contributed by atoms with E-state index in [0.29, 0.717) is 5.56 Å². The molecule has 0 aliphatic rings. The lowest BCUT2D eigenvalue weighted by atomic mass is 10.2. The number of hydrogen-bond donors (Lipinski definition) is 2. The number of hydrazone groups is 1. The molecule has 0 aliphatic heterocycles. The van der Waals surface area contributed by atoms with Crippen LogP contribution in [0.2, 0.25) is 0 Å². The number of aromatic nitrogens is 1. The van der Waals surface area contributed by atoms with Gasteiger partial charge in [0.15, 0.2) is 0 Å². The van der Waals surface area contributed by atoms with Crippen molar-refractivity contribution in [3.05, 3.63) is 70.0 Å². The summed E-state index contributed by atoms with van der Waals surface area (Å²) in [5, 5.41) is 16.7. The van der Waals surface area contributed by atoms with Crippen LogP contribution in [0.4, 0.5) is 5.69 Å². The van der Waals surface area contributed by atoms with Crippen LogP contribution in [0.15, 0.2) is 53.9 Å². The summed E-state index contributed by atoms with van der Waals surface area (Å²) in [5.74, 6) is -1.80. The molecule has 2 N–H and O–H groups in total. The number of benzene rings is 1. The van der Waals surface area contributed by atoms with Crippen molar-refractivity contribution in [1.29, 1.82) is 0 Å². The van der Waals surface area contributed by atoms with E-state index in [9.17, 15) is 19.7 Å². The number of carbonyl (C=O) groups excluding carboxylic acids is 2. The van der Waals surface area contributed by atoms with Crippen LogP contribution in [0, 0.1) is 10.1 Å². The van der Waals surface area contributed by atoms with E-state index in [1.54, 1.807) is 30.6 Å². The fraction of sp³-hybridized carbons (Fsp3) is 0.0667. The first-order chi connectivity index (χ1) is 11.6. The number of nitrogens with one attached hydrogen (secondary N) is 2. The van der Waals surface area contributed by atoms with Gasteiger partial charge in [0.05, 0.1) is 11.1 Å². The molecule has 24 heavy (non-hydrogen) atoms. The van der Waals surface area contributed by atoms with Gasteiger partial charge in [-0.05, 0) is 11.6 Å². The van der Waals surface area contributed by atoms with Crippen LogP contribution >= 0.6 is 0 Å². The van der Waals surface area contributed by atoms with Crippen molar-refractivity contribution >= 4 is 23.7 Å². The molecule has 9 heteroatoms. The van der Waals surface area contributed by atoms with E-state index in [-0.39, 0.29) is 12.2 Å². The molecule has 2 amide bonds. The summed E-state index contributed by atoms with van der Waals surface area (Å²) >= 11 is 0. The summed E-state index contributed by atoms with van der Waals surface area (Å²) in [6.07, 6.45) is 4.37. The van der Waals surface area contributed by atoms with Gasteiger partial charge in [-0.2, -0.15) is 5.10 Å². The Morgan fingerprint density at radius 2 is 2.08 bits per heavy atom. The molecule has 0 spiro atoms. The molecule has 0 bridgehead atoms. The number of non-ortho nitro benzene ring substituents is 1. The molecule has 0 atom stereocenters. The maximum absolute atomic E-state index is 11.6. The van der Waals surface area contributed by atoms with Gasteiger partial charge in [0, 0.05) is 36.6 Å². The first-order valence-corrected chi connectivity index (χ1v) is 6.81. The maximum atomic E-state index is 11.6. The predicted octanol–water partition coefficient (Wildman–Crippen LogP) is 0.756. The van der Waals surface area contributed by atoms with Crippen molar-refractivity contribution in [2.24, 2.45) is 5.10 Å². The minimum Gasteiger partial charge on any atom is -0.344 e. The summed E-state index contributed by atoms with van der Waals surface area (Å²) in [6, 6.07) is 9.16. The first kappa shape index (κ1) is 16.7. The Morgan fingerprint density at radius 1 is 1.25 bits per heavy atom. The number of carbonyl (C=O) groups is 2. The van der Waals surface area contributed by atoms with Crippen molar-refractivity contribution < 1.29 is 14.5 Å². The highest BCUT2D eigenvalue weighted by Gasteiger charge is 2.12. The molecule has 9 nitrogen and oxygen atoms in total. The minimum absolute atomic E-state index is 0.0977. The number of amides is 2. The molecule has 0 saturated heterocycles. The Balaban J connectivity index is 1.84. The van der Waals surface area contributed by atoms with E-state index in [2.05, 4.69) is 15.4 Å². The molecule has 0 aliphatic carbocycles. The van der Waals surface area contributed by atoms with Crippen molar-refractivity contribution in [2.45, 2.75) is 6.54 Å². The Labute approximate surface area is 136 Å². The van der Waals surface area contributed by atoms with Crippen LogP contribution in [-0.2, 0) is 16.1 Å². The van der Waals surface area contributed by atoms with Crippen LogP contribution in [0.25, 0.3) is 0 Å². The van der Waals surface area contributed by atoms with E-state index >= 15 is 0 Å². The normalized spacial score (nSPS) is 10.3. The fourth-order valence-corrected chi connectivity index (χ4v) is 1.70. The van der Waals surface area contributed by atoms with Gasteiger partial charge in [-0.25, -0.2) is 5.43 Å². The number of nitro benzene ring substituents is 1. The van der Waals surface area contributed by atoms with Crippen LogP contribution < -0.4 is 10.7 Å². The highest BCUT2D eigenvalue weighted by atomic mass is 16.6. The maximum Gasteiger partial charge on any atom is 0.329 e. The third-order valence-electron chi connectivity index (χ3n) is 2.84. The van der Waals surface area contributed by atoms with Gasteiger partial charge in [-0.15, -0.1) is 0 Å². The monoisotopic (exact) mass is 327 g/mol. The average molecular weight is 327 g/mol. The molecular weight excluding hydrogens is 314 g/mol. The van der Waals surface area contributed by atoms with Crippen LogP contribution in [-0.4, -0.2) is 27.9 Å². The number of pyridine rings is 1. The Hall–Kier alpha value is -3.62. The zero-order valence-electron chi connectivity index (χ0n) is 12.4. The molecule has 0 radical (unpaired) electrons. The SMILES string of the molecule is O=C(NCc1cccnc1)C(=O)N/N=C\c1cccc([N+](=O)[O-])c1. The lowest BCUT2D eigenvalue weighted by Crippen LogP contribution is -2.37. The average Bonchev–Trinajstić information content (AvgIpc) is 2.60. The Bertz CT molecular complexity index is 776. The zero-order chi connectivity index (χ0) is 17.4. The summed E-state index contributed by atoms with van der Waals surface area (Å²) in [4.78, 5) is 37.2. The van der Waals surface area contributed by atoms with Gasteiger partial charge in [-0.1, -0.05) is 18.2 Å². The van der Waals surface area contributed by atoms with Gasteiger partial charge in [0.1, 0.15) is 0 Å². The molecule has 122 valence electrons. The van der Waals surface area contributed by atoms with Crippen molar-refractivity contribution in [2.75, 3.05) is 0 Å². The number of nitrogens with zero attached hydrogens (tertiary/aromatic N) is 3. The molecule has 1 aromatic heterocycles. The second kappa shape index (κ2) is 8.13. The fourth-order valence-electron chi connectivity index (χ4n) is 1.70. The number of nitro groups is 1. The molecule has 1 heterocycles. The minimum atomic E-state index is -0.944. The molecule has 1 aromatic carbocycles. The van der Waals surface area contributed by atoms with E-state index in [0.717, 1.165) is 5.56 Å². The van der Waals surface area contributed by atoms with Crippen LogP contribution in [0.1, 0.15) is 11.1 Å². The summed E-state index contributed by atoms with van der Waals surface area (Å²) in [5.41, 5.74) is 3.12. The third kappa shape index (κ3) is 4.98. The summed E-state index contributed by atoms with van der Waals surface area (Å²) in [7, 11) is 0. The Kier molecular flexibility index (Phi) is 5.67. The highest BCUT2D eigenvalue weighted by molar-refractivity contribution is 6.35. The lowest BCUT2D eigenvalue weighted by Gasteiger charge is -2.03. The van der Waals surface area contributed by atoms with E-state index < -0.39 is 16.7 Å². The second-order valence-corrected chi connectivity index (χ2v) is 4.60. The van der Waals surface area contributed by atoms with Crippen molar-refractivity contribution in [1.82, 2.24) is 15.7 Å². The zero-order valence-corrected chi connectivity index (χ0v) is 12.4. The molecule has 2 rings (SSSR count). The van der Waals surface area contributed by atoms with Crippen molar-refractivity contribution in [3.63, 3.8) is 0 Å². The molecular formula is C15H13N5O4. The first-order valence-electron chi connectivity index (χ1n) is 6.81. The topological polar surface area (TPSA) is 127 Å². The number of rotatable bonds is 5. The quantitative estimate of drug-likeness (QED) is 0.363. The van der Waals surface area contributed by atoms with E-state index in [1.807, 2.05) is 5.43 Å². The smallest absolute Gasteiger partial charge is 0.329 e. The summed E-state index contributed by atoms with van der Waals surface area (Å²) in [6.45, 7) is 0.161. The lowest BCUT2D eigenvalue weighted by molar-refractivity contribution is -0.384. The van der Waals surface area contributed by atoms with Crippen LogP contribution in [0.5, 0.6) is 0 Å². The highest BCUT2D eigenvalue weighted by Crippen LogP contribution is 2.11.